The molecule has 0 bridgehead atoms. The van der Waals surface area contributed by atoms with Crippen LogP contribution in [0.15, 0.2) is 18.2 Å². The Morgan fingerprint density at radius 1 is 1.35 bits per heavy atom. The molecule has 0 spiro atoms. The second-order valence-corrected chi connectivity index (χ2v) is 7.03. The highest BCUT2D eigenvalue weighted by atomic mass is 16.4. The lowest BCUT2D eigenvalue weighted by atomic mass is 9.92. The lowest BCUT2D eigenvalue weighted by molar-refractivity contribution is 0.0697. The van der Waals surface area contributed by atoms with E-state index in [-0.39, 0.29) is 0 Å². The number of aryl methyl sites for hydroxylation is 1. The Kier molecular flexibility index (Phi) is 4.66. The molecular weight excluding hydrogens is 290 g/mol. The van der Waals surface area contributed by atoms with E-state index in [2.05, 4.69) is 28.7 Å². The first-order valence-corrected chi connectivity index (χ1v) is 8.45. The third-order valence-electron chi connectivity index (χ3n) is 4.61. The van der Waals surface area contributed by atoms with Crippen molar-refractivity contribution in [1.82, 2.24) is 14.9 Å². The molecule has 2 aromatic rings. The van der Waals surface area contributed by atoms with Gasteiger partial charge in [-0.2, -0.15) is 0 Å². The SMILES string of the molecule is C[C@@H]1C[C@@H](C)CN(CCCc2nc3ccc(C(=O)O)cc3[nH]2)C1. The van der Waals surface area contributed by atoms with E-state index in [4.69, 9.17) is 5.11 Å². The summed E-state index contributed by atoms with van der Waals surface area (Å²) in [5, 5.41) is 9.04. The molecule has 0 unspecified atom stereocenters. The summed E-state index contributed by atoms with van der Waals surface area (Å²) in [6, 6.07) is 5.03. The molecule has 0 aliphatic carbocycles. The molecule has 3 rings (SSSR count). The van der Waals surface area contributed by atoms with Crippen LogP contribution in [0, 0.1) is 11.8 Å². The number of piperidine rings is 1. The van der Waals surface area contributed by atoms with Crippen LogP contribution >= 0.6 is 0 Å². The van der Waals surface area contributed by atoms with Gasteiger partial charge >= 0.3 is 5.97 Å². The maximum Gasteiger partial charge on any atom is 0.335 e. The highest BCUT2D eigenvalue weighted by Gasteiger charge is 2.21. The van der Waals surface area contributed by atoms with Gasteiger partial charge in [0.05, 0.1) is 16.6 Å². The Bertz CT molecular complexity index is 685. The number of aromatic carboxylic acids is 1. The van der Waals surface area contributed by atoms with Crippen molar-refractivity contribution in [3.05, 3.63) is 29.6 Å². The number of hydrogen-bond acceptors (Lipinski definition) is 3. The molecule has 5 heteroatoms. The van der Waals surface area contributed by atoms with E-state index in [1.165, 1.54) is 19.5 Å². The van der Waals surface area contributed by atoms with Gasteiger partial charge in [-0.05, 0) is 49.4 Å². The van der Waals surface area contributed by atoms with E-state index < -0.39 is 5.97 Å². The molecule has 124 valence electrons. The molecule has 1 aromatic heterocycles. The Morgan fingerprint density at radius 3 is 2.78 bits per heavy atom. The number of H-pyrrole nitrogens is 1. The van der Waals surface area contributed by atoms with Crippen LogP contribution in [0.25, 0.3) is 11.0 Å². The van der Waals surface area contributed by atoms with Gasteiger partial charge in [0.2, 0.25) is 0 Å². The van der Waals surface area contributed by atoms with Crippen molar-refractivity contribution >= 4 is 17.0 Å². The minimum absolute atomic E-state index is 0.295. The molecule has 1 aliphatic rings. The number of aromatic nitrogens is 2. The first-order valence-electron chi connectivity index (χ1n) is 8.45. The van der Waals surface area contributed by atoms with E-state index in [0.717, 1.165) is 48.1 Å². The Hall–Kier alpha value is -1.88. The molecule has 1 fully saturated rings. The normalized spacial score (nSPS) is 22.5. The molecule has 2 atom stereocenters. The predicted octanol–water partition coefficient (Wildman–Crippen LogP) is 3.17. The number of nitrogens with zero attached hydrogens (tertiary/aromatic N) is 2. The maximum atomic E-state index is 11.0. The van der Waals surface area contributed by atoms with Gasteiger partial charge in [-0.1, -0.05) is 13.8 Å². The molecule has 1 saturated heterocycles. The topological polar surface area (TPSA) is 69.2 Å². The van der Waals surface area contributed by atoms with Crippen molar-refractivity contribution in [3.8, 4) is 0 Å². The van der Waals surface area contributed by atoms with Gasteiger partial charge in [0.15, 0.2) is 0 Å². The minimum Gasteiger partial charge on any atom is -0.478 e. The third-order valence-corrected chi connectivity index (χ3v) is 4.61. The number of carboxylic acids is 1. The fourth-order valence-electron chi connectivity index (χ4n) is 3.76. The molecule has 0 amide bonds. The highest BCUT2D eigenvalue weighted by Crippen LogP contribution is 2.21. The summed E-state index contributed by atoms with van der Waals surface area (Å²) in [4.78, 5) is 21.4. The van der Waals surface area contributed by atoms with Crippen molar-refractivity contribution in [2.45, 2.75) is 33.1 Å². The lowest BCUT2D eigenvalue weighted by Crippen LogP contribution is -2.39. The summed E-state index contributed by atoms with van der Waals surface area (Å²) in [6.45, 7) is 8.18. The van der Waals surface area contributed by atoms with E-state index in [9.17, 15) is 4.79 Å². The van der Waals surface area contributed by atoms with E-state index in [1.807, 2.05) is 0 Å². The fraction of sp³-hybridized carbons (Fsp3) is 0.556. The number of aromatic amines is 1. The maximum absolute atomic E-state index is 11.0. The van der Waals surface area contributed by atoms with Gasteiger partial charge in [0, 0.05) is 19.5 Å². The van der Waals surface area contributed by atoms with Crippen LogP contribution in [0.3, 0.4) is 0 Å². The van der Waals surface area contributed by atoms with Crippen LogP contribution < -0.4 is 0 Å². The molecular formula is C18H25N3O2. The van der Waals surface area contributed by atoms with Crippen LogP contribution in [-0.4, -0.2) is 45.6 Å². The van der Waals surface area contributed by atoms with E-state index in [1.54, 1.807) is 18.2 Å². The molecule has 0 radical (unpaired) electrons. The Morgan fingerprint density at radius 2 is 2.09 bits per heavy atom. The fourth-order valence-corrected chi connectivity index (χ4v) is 3.76. The predicted molar refractivity (Wildman–Crippen MR) is 90.8 cm³/mol. The van der Waals surface area contributed by atoms with E-state index in [0.29, 0.717) is 5.56 Å². The Labute approximate surface area is 136 Å². The summed E-state index contributed by atoms with van der Waals surface area (Å²) in [5.41, 5.74) is 1.94. The molecule has 1 aliphatic heterocycles. The molecule has 2 heterocycles. The van der Waals surface area contributed by atoms with Crippen molar-refractivity contribution in [3.63, 3.8) is 0 Å². The quantitative estimate of drug-likeness (QED) is 0.889. The lowest BCUT2D eigenvalue weighted by Gasteiger charge is -2.34. The molecule has 5 nitrogen and oxygen atoms in total. The Balaban J connectivity index is 1.58. The third kappa shape index (κ3) is 3.91. The van der Waals surface area contributed by atoms with Crippen LogP contribution in [0.4, 0.5) is 0 Å². The van der Waals surface area contributed by atoms with Crippen LogP contribution in [0.2, 0.25) is 0 Å². The summed E-state index contributed by atoms with van der Waals surface area (Å²) in [7, 11) is 0. The minimum atomic E-state index is -0.906. The number of imidazole rings is 1. The van der Waals surface area contributed by atoms with Crippen molar-refractivity contribution in [1.29, 1.82) is 0 Å². The van der Waals surface area contributed by atoms with Crippen LogP contribution in [0.5, 0.6) is 0 Å². The highest BCUT2D eigenvalue weighted by molar-refractivity contribution is 5.92. The smallest absolute Gasteiger partial charge is 0.335 e. The van der Waals surface area contributed by atoms with E-state index >= 15 is 0 Å². The second-order valence-electron chi connectivity index (χ2n) is 7.03. The van der Waals surface area contributed by atoms with Crippen molar-refractivity contribution in [2.75, 3.05) is 19.6 Å². The van der Waals surface area contributed by atoms with Gasteiger partial charge in [-0.15, -0.1) is 0 Å². The van der Waals surface area contributed by atoms with Crippen LogP contribution in [0.1, 0.15) is 42.9 Å². The average Bonchev–Trinajstić information content (AvgIpc) is 2.87. The summed E-state index contributed by atoms with van der Waals surface area (Å²) >= 11 is 0. The van der Waals surface area contributed by atoms with Crippen molar-refractivity contribution < 1.29 is 9.90 Å². The van der Waals surface area contributed by atoms with Gasteiger partial charge in [-0.3, -0.25) is 0 Å². The number of hydrogen-bond donors (Lipinski definition) is 2. The van der Waals surface area contributed by atoms with Crippen molar-refractivity contribution in [2.24, 2.45) is 11.8 Å². The number of carbonyl (C=O) groups is 1. The number of nitrogens with one attached hydrogen (secondary N) is 1. The van der Waals surface area contributed by atoms with Gasteiger partial charge < -0.3 is 15.0 Å². The molecule has 23 heavy (non-hydrogen) atoms. The van der Waals surface area contributed by atoms with Gasteiger partial charge in [0.25, 0.3) is 0 Å². The zero-order valence-electron chi connectivity index (χ0n) is 13.9. The largest absolute Gasteiger partial charge is 0.478 e. The van der Waals surface area contributed by atoms with Gasteiger partial charge in [0.1, 0.15) is 5.82 Å². The number of carboxylic acid groups (broad SMARTS) is 1. The number of likely N-dealkylation sites (tertiary alicyclic amines) is 1. The first-order chi connectivity index (χ1) is 11.0. The van der Waals surface area contributed by atoms with Gasteiger partial charge in [-0.25, -0.2) is 9.78 Å². The second kappa shape index (κ2) is 6.71. The van der Waals surface area contributed by atoms with Crippen LogP contribution in [-0.2, 0) is 6.42 Å². The standard InChI is InChI=1S/C18H25N3O2/c1-12-8-13(2)11-21(10-12)7-3-4-17-19-15-6-5-14(18(22)23)9-16(15)20-17/h5-6,9,12-13H,3-4,7-8,10-11H2,1-2H3,(H,19,20)(H,22,23)/t12-,13-/m1/s1. The molecule has 2 N–H and O–H groups in total. The summed E-state index contributed by atoms with van der Waals surface area (Å²) in [5.74, 6) is 1.62. The summed E-state index contributed by atoms with van der Waals surface area (Å²) < 4.78 is 0. The zero-order valence-corrected chi connectivity index (χ0v) is 13.9. The number of rotatable bonds is 5. The number of benzene rings is 1. The first kappa shape index (κ1) is 16.0. The zero-order chi connectivity index (χ0) is 16.4. The number of fused-ring (bicyclic) bond motifs is 1. The summed E-state index contributed by atoms with van der Waals surface area (Å²) in [6.07, 6.45) is 3.31. The molecule has 1 aromatic carbocycles. The monoisotopic (exact) mass is 315 g/mol. The average molecular weight is 315 g/mol. The molecule has 0 saturated carbocycles.